The van der Waals surface area contributed by atoms with Crippen molar-refractivity contribution >= 4 is 5.97 Å². The number of fused-ring (bicyclic) bond motifs is 1. The lowest BCUT2D eigenvalue weighted by atomic mass is 10.4. The third-order valence-corrected chi connectivity index (χ3v) is 1.98. The molecule has 6 nitrogen and oxygen atoms in total. The van der Waals surface area contributed by atoms with Crippen molar-refractivity contribution in [2.75, 3.05) is 13.2 Å². The zero-order valence-electron chi connectivity index (χ0n) is 7.89. The maximum Gasteiger partial charge on any atom is 0.376 e. The van der Waals surface area contributed by atoms with Gasteiger partial charge in [0, 0.05) is 6.54 Å². The van der Waals surface area contributed by atoms with E-state index >= 15 is 0 Å². The van der Waals surface area contributed by atoms with Crippen LogP contribution in [0.3, 0.4) is 0 Å². The highest BCUT2D eigenvalue weighted by Crippen LogP contribution is 2.09. The second-order valence-corrected chi connectivity index (χ2v) is 2.86. The van der Waals surface area contributed by atoms with E-state index in [1.54, 1.807) is 11.5 Å². The maximum absolute atomic E-state index is 11.4. The molecule has 0 aromatic carbocycles. The highest BCUT2D eigenvalue weighted by atomic mass is 16.5. The molecule has 0 spiro atoms. The first-order valence-corrected chi connectivity index (χ1v) is 4.50. The fraction of sp³-hybridized carbons (Fsp3) is 0.625. The molecule has 1 aliphatic heterocycles. The van der Waals surface area contributed by atoms with Gasteiger partial charge in [0.2, 0.25) is 5.82 Å². The molecular formula is C8H11N3O3. The van der Waals surface area contributed by atoms with E-state index in [-0.39, 0.29) is 5.82 Å². The first kappa shape index (κ1) is 9.14. The molecule has 2 rings (SSSR count). The Morgan fingerprint density at radius 2 is 2.50 bits per heavy atom. The largest absolute Gasteiger partial charge is 0.460 e. The number of hydrogen-bond acceptors (Lipinski definition) is 5. The van der Waals surface area contributed by atoms with Crippen LogP contribution in [-0.2, 0) is 22.6 Å². The van der Waals surface area contributed by atoms with Gasteiger partial charge in [-0.2, -0.15) is 0 Å². The van der Waals surface area contributed by atoms with Crippen LogP contribution in [0.1, 0.15) is 23.4 Å². The smallest absolute Gasteiger partial charge is 0.376 e. The number of nitrogens with zero attached hydrogens (tertiary/aromatic N) is 3. The lowest BCUT2D eigenvalue weighted by Gasteiger charge is -2.14. The van der Waals surface area contributed by atoms with Gasteiger partial charge in [0.15, 0.2) is 5.82 Å². The third-order valence-electron chi connectivity index (χ3n) is 1.98. The van der Waals surface area contributed by atoms with Crippen LogP contribution in [0.15, 0.2) is 0 Å². The lowest BCUT2D eigenvalue weighted by molar-refractivity contribution is 0.0483. The van der Waals surface area contributed by atoms with Crippen molar-refractivity contribution in [3.63, 3.8) is 0 Å². The fourth-order valence-electron chi connectivity index (χ4n) is 1.34. The molecular weight excluding hydrogens is 186 g/mol. The predicted molar refractivity (Wildman–Crippen MR) is 45.6 cm³/mol. The van der Waals surface area contributed by atoms with Crippen molar-refractivity contribution in [1.29, 1.82) is 0 Å². The van der Waals surface area contributed by atoms with Crippen LogP contribution in [0.25, 0.3) is 0 Å². The highest BCUT2D eigenvalue weighted by Gasteiger charge is 2.21. The molecule has 0 atom stereocenters. The Kier molecular flexibility index (Phi) is 2.45. The molecule has 0 N–H and O–H groups in total. The molecule has 6 heteroatoms. The van der Waals surface area contributed by atoms with E-state index in [0.717, 1.165) is 0 Å². The van der Waals surface area contributed by atoms with Crippen molar-refractivity contribution in [3.05, 3.63) is 11.6 Å². The zero-order valence-corrected chi connectivity index (χ0v) is 7.89. The summed E-state index contributed by atoms with van der Waals surface area (Å²) in [6, 6.07) is 0. The Hall–Kier alpha value is -1.43. The van der Waals surface area contributed by atoms with Gasteiger partial charge in [-0.1, -0.05) is 0 Å². The summed E-state index contributed by atoms with van der Waals surface area (Å²) >= 11 is 0. The van der Waals surface area contributed by atoms with Crippen molar-refractivity contribution in [2.45, 2.75) is 20.1 Å². The third kappa shape index (κ3) is 1.48. The van der Waals surface area contributed by atoms with Gasteiger partial charge >= 0.3 is 5.97 Å². The molecule has 0 aliphatic carbocycles. The van der Waals surface area contributed by atoms with Crippen LogP contribution in [0.2, 0.25) is 0 Å². The van der Waals surface area contributed by atoms with Crippen molar-refractivity contribution in [2.24, 2.45) is 0 Å². The molecule has 0 amide bonds. The summed E-state index contributed by atoms with van der Waals surface area (Å²) in [4.78, 5) is 11.4. The van der Waals surface area contributed by atoms with Crippen LogP contribution in [0.5, 0.6) is 0 Å². The number of rotatable bonds is 2. The van der Waals surface area contributed by atoms with Gasteiger partial charge in [-0.05, 0) is 6.92 Å². The summed E-state index contributed by atoms with van der Waals surface area (Å²) < 4.78 is 11.8. The van der Waals surface area contributed by atoms with Crippen molar-refractivity contribution in [3.8, 4) is 0 Å². The number of carbonyl (C=O) groups excluding carboxylic acids is 1. The standard InChI is InChI=1S/C8H11N3O3/c1-2-14-8(12)7-10-9-6-5-13-4-3-11(6)7/h2-5H2,1H3. The van der Waals surface area contributed by atoms with Crippen LogP contribution in [0.4, 0.5) is 0 Å². The van der Waals surface area contributed by atoms with E-state index in [1.165, 1.54) is 0 Å². The Bertz CT molecular complexity index is 348. The van der Waals surface area contributed by atoms with E-state index in [9.17, 15) is 4.79 Å². The minimum absolute atomic E-state index is 0.269. The molecule has 1 aliphatic rings. The lowest BCUT2D eigenvalue weighted by Crippen LogP contribution is -2.21. The minimum Gasteiger partial charge on any atom is -0.460 e. The molecule has 0 saturated heterocycles. The second-order valence-electron chi connectivity index (χ2n) is 2.86. The zero-order chi connectivity index (χ0) is 9.97. The van der Waals surface area contributed by atoms with E-state index in [1.807, 2.05) is 0 Å². The van der Waals surface area contributed by atoms with Gasteiger partial charge in [-0.15, -0.1) is 10.2 Å². The molecule has 0 fully saturated rings. The second kappa shape index (κ2) is 3.75. The SMILES string of the molecule is CCOC(=O)c1nnc2n1CCOC2. The van der Waals surface area contributed by atoms with E-state index < -0.39 is 5.97 Å². The molecule has 0 saturated carbocycles. The summed E-state index contributed by atoms with van der Waals surface area (Å²) in [6.07, 6.45) is 0. The van der Waals surface area contributed by atoms with Gasteiger partial charge < -0.3 is 14.0 Å². The van der Waals surface area contributed by atoms with Crippen LogP contribution < -0.4 is 0 Å². The molecule has 0 bridgehead atoms. The first-order chi connectivity index (χ1) is 6.83. The van der Waals surface area contributed by atoms with Gasteiger partial charge in [-0.25, -0.2) is 4.79 Å². The van der Waals surface area contributed by atoms with Crippen molar-refractivity contribution in [1.82, 2.24) is 14.8 Å². The van der Waals surface area contributed by atoms with Gasteiger partial charge in [0.25, 0.3) is 0 Å². The van der Waals surface area contributed by atoms with Crippen LogP contribution in [0, 0.1) is 0 Å². The monoisotopic (exact) mass is 197 g/mol. The first-order valence-electron chi connectivity index (χ1n) is 4.50. The van der Waals surface area contributed by atoms with Crippen molar-refractivity contribution < 1.29 is 14.3 Å². The Morgan fingerprint density at radius 3 is 3.29 bits per heavy atom. The molecule has 1 aromatic rings. The summed E-state index contributed by atoms with van der Waals surface area (Å²) in [5.74, 6) is 0.526. The van der Waals surface area contributed by atoms with Crippen LogP contribution in [-0.4, -0.2) is 33.9 Å². The van der Waals surface area contributed by atoms with E-state index in [0.29, 0.717) is 32.2 Å². The molecule has 14 heavy (non-hydrogen) atoms. The Balaban J connectivity index is 2.25. The molecule has 76 valence electrons. The average molecular weight is 197 g/mol. The minimum atomic E-state index is -0.423. The quantitative estimate of drug-likeness (QED) is 0.623. The Labute approximate surface area is 80.8 Å². The predicted octanol–water partition coefficient (Wildman–Crippen LogP) is -0.0150. The highest BCUT2D eigenvalue weighted by molar-refractivity contribution is 5.85. The van der Waals surface area contributed by atoms with Gasteiger partial charge in [-0.3, -0.25) is 0 Å². The summed E-state index contributed by atoms with van der Waals surface area (Å²) in [5, 5.41) is 7.62. The number of carbonyl (C=O) groups is 1. The number of ether oxygens (including phenoxy) is 2. The maximum atomic E-state index is 11.4. The summed E-state index contributed by atoms with van der Waals surface area (Å²) in [5.41, 5.74) is 0. The topological polar surface area (TPSA) is 66.2 Å². The van der Waals surface area contributed by atoms with E-state index in [2.05, 4.69) is 10.2 Å². The number of esters is 1. The summed E-state index contributed by atoms with van der Waals surface area (Å²) in [6.45, 7) is 3.70. The number of hydrogen-bond donors (Lipinski definition) is 0. The Morgan fingerprint density at radius 1 is 1.64 bits per heavy atom. The summed E-state index contributed by atoms with van der Waals surface area (Å²) in [7, 11) is 0. The molecule has 2 heterocycles. The van der Waals surface area contributed by atoms with Crippen LogP contribution >= 0.6 is 0 Å². The normalized spacial score (nSPS) is 14.9. The number of aromatic nitrogens is 3. The average Bonchev–Trinajstić information content (AvgIpc) is 2.61. The molecule has 0 unspecified atom stereocenters. The fourth-order valence-corrected chi connectivity index (χ4v) is 1.34. The molecule has 1 aromatic heterocycles. The molecule has 0 radical (unpaired) electrons. The van der Waals surface area contributed by atoms with Gasteiger partial charge in [0.05, 0.1) is 13.2 Å². The van der Waals surface area contributed by atoms with E-state index in [4.69, 9.17) is 9.47 Å². The van der Waals surface area contributed by atoms with Gasteiger partial charge in [0.1, 0.15) is 6.61 Å².